The normalized spacial score (nSPS) is 12.0. The Kier molecular flexibility index (Phi) is 3.63. The molecule has 2 aromatic rings. The number of rotatable bonds is 4. The fourth-order valence-corrected chi connectivity index (χ4v) is 2.05. The van der Waals surface area contributed by atoms with E-state index < -0.39 is 5.97 Å². The average molecular weight is 242 g/mol. The van der Waals surface area contributed by atoms with Gasteiger partial charge in [-0.15, -0.1) is 0 Å². The summed E-state index contributed by atoms with van der Waals surface area (Å²) in [5.74, 6) is -1.08. The number of phenols is 1. The van der Waals surface area contributed by atoms with Gasteiger partial charge in [-0.25, -0.2) is 0 Å². The lowest BCUT2D eigenvalue weighted by Gasteiger charge is -2.17. The zero-order valence-corrected chi connectivity index (χ0v) is 9.78. The lowest BCUT2D eigenvalue weighted by molar-refractivity contribution is -0.137. The summed E-state index contributed by atoms with van der Waals surface area (Å²) < 4.78 is 0. The zero-order chi connectivity index (χ0) is 13.0. The molecule has 0 saturated carbocycles. The van der Waals surface area contributed by atoms with Gasteiger partial charge in [-0.2, -0.15) is 0 Å². The lowest BCUT2D eigenvalue weighted by atomic mass is 9.88. The van der Waals surface area contributed by atoms with Crippen molar-refractivity contribution >= 4 is 5.97 Å². The Hall–Kier alpha value is -2.29. The fraction of sp³-hybridized carbons (Fsp3) is 0.133. The predicted octanol–water partition coefficient (Wildman–Crippen LogP) is 3.00. The van der Waals surface area contributed by atoms with E-state index in [0.29, 0.717) is 5.56 Å². The van der Waals surface area contributed by atoms with Gasteiger partial charge in [0.15, 0.2) is 0 Å². The number of phenolic OH excluding ortho intramolecular Hbond substituents is 1. The summed E-state index contributed by atoms with van der Waals surface area (Å²) in [4.78, 5) is 11.0. The molecule has 0 radical (unpaired) electrons. The van der Waals surface area contributed by atoms with Gasteiger partial charge in [0.25, 0.3) is 0 Å². The molecule has 0 heterocycles. The van der Waals surface area contributed by atoms with E-state index in [-0.39, 0.29) is 18.1 Å². The first-order chi connectivity index (χ1) is 8.68. The first kappa shape index (κ1) is 12.2. The van der Waals surface area contributed by atoms with E-state index in [4.69, 9.17) is 5.11 Å². The van der Waals surface area contributed by atoms with Crippen LogP contribution in [0.5, 0.6) is 5.75 Å². The van der Waals surface area contributed by atoms with Crippen molar-refractivity contribution in [3.63, 3.8) is 0 Å². The Morgan fingerprint density at radius 3 is 2.22 bits per heavy atom. The van der Waals surface area contributed by atoms with E-state index in [0.717, 1.165) is 5.56 Å². The molecule has 0 amide bonds. The van der Waals surface area contributed by atoms with Crippen molar-refractivity contribution in [2.75, 3.05) is 0 Å². The zero-order valence-electron chi connectivity index (χ0n) is 9.78. The number of carboxylic acid groups (broad SMARTS) is 1. The quantitative estimate of drug-likeness (QED) is 0.866. The second-order valence-corrected chi connectivity index (χ2v) is 4.12. The van der Waals surface area contributed by atoms with Crippen LogP contribution in [0.1, 0.15) is 23.5 Å². The molecule has 0 fully saturated rings. The van der Waals surface area contributed by atoms with Crippen LogP contribution >= 0.6 is 0 Å². The van der Waals surface area contributed by atoms with Crippen molar-refractivity contribution in [1.29, 1.82) is 0 Å². The Bertz CT molecular complexity index is 534. The number of carbonyl (C=O) groups is 1. The third-order valence-corrected chi connectivity index (χ3v) is 2.89. The largest absolute Gasteiger partial charge is 0.508 e. The number of carboxylic acids is 1. The summed E-state index contributed by atoms with van der Waals surface area (Å²) in [5, 5.41) is 18.9. The van der Waals surface area contributed by atoms with Crippen molar-refractivity contribution in [2.24, 2.45) is 0 Å². The topological polar surface area (TPSA) is 57.5 Å². The third kappa shape index (κ3) is 2.69. The van der Waals surface area contributed by atoms with Crippen LogP contribution in [0.25, 0.3) is 0 Å². The van der Waals surface area contributed by atoms with Crippen molar-refractivity contribution in [3.05, 3.63) is 65.7 Å². The minimum absolute atomic E-state index is 0.0401. The highest BCUT2D eigenvalue weighted by Crippen LogP contribution is 2.33. The van der Waals surface area contributed by atoms with Crippen molar-refractivity contribution in [2.45, 2.75) is 12.3 Å². The Morgan fingerprint density at radius 2 is 1.61 bits per heavy atom. The molecule has 0 aromatic heterocycles. The van der Waals surface area contributed by atoms with E-state index >= 15 is 0 Å². The average Bonchev–Trinajstić information content (AvgIpc) is 2.38. The summed E-state index contributed by atoms with van der Waals surface area (Å²) >= 11 is 0. The highest BCUT2D eigenvalue weighted by Gasteiger charge is 2.20. The molecule has 2 aromatic carbocycles. The molecule has 2 rings (SSSR count). The van der Waals surface area contributed by atoms with Crippen LogP contribution in [0.4, 0.5) is 0 Å². The molecule has 0 bridgehead atoms. The van der Waals surface area contributed by atoms with Crippen LogP contribution in [-0.2, 0) is 4.79 Å². The summed E-state index contributed by atoms with van der Waals surface area (Å²) in [6.45, 7) is 0. The van der Waals surface area contributed by atoms with Crippen LogP contribution in [0.2, 0.25) is 0 Å². The van der Waals surface area contributed by atoms with Gasteiger partial charge >= 0.3 is 5.97 Å². The molecule has 3 nitrogen and oxygen atoms in total. The Balaban J connectivity index is 2.44. The molecule has 0 aliphatic rings. The summed E-state index contributed by atoms with van der Waals surface area (Å²) in [7, 11) is 0. The molecular weight excluding hydrogens is 228 g/mol. The van der Waals surface area contributed by atoms with Gasteiger partial charge < -0.3 is 10.2 Å². The molecule has 2 N–H and O–H groups in total. The summed E-state index contributed by atoms with van der Waals surface area (Å²) in [6, 6.07) is 16.2. The molecule has 0 unspecified atom stereocenters. The molecular formula is C15H14O3. The van der Waals surface area contributed by atoms with Gasteiger partial charge in [0.05, 0.1) is 6.42 Å². The number of hydrogen-bond acceptors (Lipinski definition) is 2. The third-order valence-electron chi connectivity index (χ3n) is 2.89. The van der Waals surface area contributed by atoms with Crippen LogP contribution in [0, 0.1) is 0 Å². The molecule has 0 spiro atoms. The first-order valence-electron chi connectivity index (χ1n) is 5.73. The van der Waals surface area contributed by atoms with Crippen LogP contribution < -0.4 is 0 Å². The number of para-hydroxylation sites is 1. The monoisotopic (exact) mass is 242 g/mol. The van der Waals surface area contributed by atoms with Crippen molar-refractivity contribution < 1.29 is 15.0 Å². The summed E-state index contributed by atoms with van der Waals surface area (Å²) in [6.07, 6.45) is -0.0401. The van der Waals surface area contributed by atoms with Gasteiger partial charge in [-0.3, -0.25) is 4.79 Å². The Morgan fingerprint density at radius 1 is 1.00 bits per heavy atom. The number of hydrogen-bond donors (Lipinski definition) is 2. The smallest absolute Gasteiger partial charge is 0.304 e. The first-order valence-corrected chi connectivity index (χ1v) is 5.73. The van der Waals surface area contributed by atoms with Gasteiger partial charge in [-0.05, 0) is 11.6 Å². The molecule has 92 valence electrons. The number of benzene rings is 2. The van der Waals surface area contributed by atoms with E-state index in [9.17, 15) is 9.90 Å². The van der Waals surface area contributed by atoms with Gasteiger partial charge in [0.2, 0.25) is 0 Å². The van der Waals surface area contributed by atoms with E-state index in [1.54, 1.807) is 24.3 Å². The number of aromatic hydroxyl groups is 1. The molecule has 18 heavy (non-hydrogen) atoms. The molecule has 0 aliphatic heterocycles. The molecule has 1 atom stereocenters. The van der Waals surface area contributed by atoms with E-state index in [1.807, 2.05) is 30.3 Å². The lowest BCUT2D eigenvalue weighted by Crippen LogP contribution is -2.08. The molecule has 3 heteroatoms. The standard InChI is InChI=1S/C15H14O3/c16-14-9-5-4-8-12(14)13(10-15(17)18)11-6-2-1-3-7-11/h1-9,13,16H,10H2,(H,17,18)/t13-/m1/s1. The van der Waals surface area contributed by atoms with Crippen LogP contribution in [-0.4, -0.2) is 16.2 Å². The minimum atomic E-state index is -0.882. The van der Waals surface area contributed by atoms with E-state index in [2.05, 4.69) is 0 Å². The minimum Gasteiger partial charge on any atom is -0.508 e. The SMILES string of the molecule is O=C(O)C[C@H](c1ccccc1)c1ccccc1O. The van der Waals surface area contributed by atoms with E-state index in [1.165, 1.54) is 0 Å². The van der Waals surface area contributed by atoms with Gasteiger partial charge in [0, 0.05) is 11.5 Å². The molecule has 0 aliphatic carbocycles. The summed E-state index contributed by atoms with van der Waals surface area (Å²) in [5.41, 5.74) is 1.53. The highest BCUT2D eigenvalue weighted by atomic mass is 16.4. The van der Waals surface area contributed by atoms with Gasteiger partial charge in [-0.1, -0.05) is 48.5 Å². The second kappa shape index (κ2) is 5.36. The van der Waals surface area contributed by atoms with Crippen molar-refractivity contribution in [3.8, 4) is 5.75 Å². The maximum Gasteiger partial charge on any atom is 0.304 e. The Labute approximate surface area is 105 Å². The molecule has 0 saturated heterocycles. The number of aliphatic carboxylic acids is 1. The van der Waals surface area contributed by atoms with Gasteiger partial charge in [0.1, 0.15) is 5.75 Å². The fourth-order valence-electron chi connectivity index (χ4n) is 2.05. The van der Waals surface area contributed by atoms with Crippen molar-refractivity contribution in [1.82, 2.24) is 0 Å². The highest BCUT2D eigenvalue weighted by molar-refractivity contribution is 5.69. The maximum absolute atomic E-state index is 11.0. The van der Waals surface area contributed by atoms with Crippen LogP contribution in [0.15, 0.2) is 54.6 Å². The predicted molar refractivity (Wildman–Crippen MR) is 68.6 cm³/mol. The van der Waals surface area contributed by atoms with Crippen LogP contribution in [0.3, 0.4) is 0 Å². The maximum atomic E-state index is 11.0. The second-order valence-electron chi connectivity index (χ2n) is 4.12.